The van der Waals surface area contributed by atoms with Crippen molar-refractivity contribution in [1.82, 2.24) is 9.80 Å². The summed E-state index contributed by atoms with van der Waals surface area (Å²) in [6.45, 7) is -1.21. The van der Waals surface area contributed by atoms with Crippen molar-refractivity contribution in [2.75, 3.05) is 31.6 Å². The first-order valence-corrected chi connectivity index (χ1v) is 7.67. The monoisotopic (exact) mass is 307 g/mol. The Hall–Kier alpha value is -1.84. The van der Waals surface area contributed by atoms with Gasteiger partial charge in [-0.15, -0.1) is 0 Å². The minimum Gasteiger partial charge on any atom is -0.480 e. The summed E-state index contributed by atoms with van der Waals surface area (Å²) in [5, 5.41) is 8.72. The van der Waals surface area contributed by atoms with Gasteiger partial charge in [0.2, 0.25) is 5.91 Å². The fourth-order valence-corrected chi connectivity index (χ4v) is 3.78. The van der Waals surface area contributed by atoms with Crippen LogP contribution in [0.5, 0.6) is 0 Å². The molecular weight excluding hydrogens is 290 g/mol. The predicted molar refractivity (Wildman–Crippen MR) is 68.6 cm³/mol. The molecule has 0 radical (unpaired) electrons. The van der Waals surface area contributed by atoms with E-state index in [2.05, 4.69) is 0 Å². The van der Waals surface area contributed by atoms with Crippen LogP contribution in [0.2, 0.25) is 0 Å². The van der Waals surface area contributed by atoms with Crippen LogP contribution in [-0.4, -0.2) is 78.9 Å². The maximum Gasteiger partial charge on any atom is 0.323 e. The first kappa shape index (κ1) is 16.2. The zero-order chi connectivity index (χ0) is 15.5. The quantitative estimate of drug-likeness (QED) is 0.608. The summed E-state index contributed by atoms with van der Waals surface area (Å²) in [7, 11) is -1.79. The number of nitrogens with zero attached hydrogens (tertiary/aromatic N) is 2. The summed E-state index contributed by atoms with van der Waals surface area (Å²) in [6, 6.07) is -1.25. The SMILES string of the molecule is CN(C(=O)N(CC(N)=O)CC(=O)O)C1CCS(=O)(=O)C1. The van der Waals surface area contributed by atoms with Gasteiger partial charge in [0.25, 0.3) is 0 Å². The number of hydrogen-bond donors (Lipinski definition) is 2. The number of sulfone groups is 1. The van der Waals surface area contributed by atoms with Gasteiger partial charge < -0.3 is 20.6 Å². The Kier molecular flexibility index (Phi) is 4.93. The molecule has 0 spiro atoms. The van der Waals surface area contributed by atoms with E-state index in [-0.39, 0.29) is 11.5 Å². The van der Waals surface area contributed by atoms with Crippen LogP contribution < -0.4 is 5.73 Å². The maximum absolute atomic E-state index is 12.1. The molecule has 20 heavy (non-hydrogen) atoms. The molecule has 0 aliphatic carbocycles. The zero-order valence-electron chi connectivity index (χ0n) is 11.0. The molecule has 1 atom stereocenters. The summed E-state index contributed by atoms with van der Waals surface area (Å²) in [5.41, 5.74) is 4.96. The molecule has 1 saturated heterocycles. The largest absolute Gasteiger partial charge is 0.480 e. The summed E-state index contributed by atoms with van der Waals surface area (Å²) in [5.74, 6) is -2.30. The van der Waals surface area contributed by atoms with Crippen molar-refractivity contribution < 1.29 is 27.9 Å². The van der Waals surface area contributed by atoms with Gasteiger partial charge in [-0.05, 0) is 6.42 Å². The third-order valence-corrected chi connectivity index (χ3v) is 4.75. The molecule has 1 rings (SSSR count). The van der Waals surface area contributed by atoms with Crippen molar-refractivity contribution in [2.45, 2.75) is 12.5 Å². The van der Waals surface area contributed by atoms with E-state index < -0.39 is 46.9 Å². The van der Waals surface area contributed by atoms with E-state index in [0.717, 1.165) is 9.80 Å². The van der Waals surface area contributed by atoms with E-state index >= 15 is 0 Å². The Labute approximate surface area is 116 Å². The summed E-state index contributed by atoms with van der Waals surface area (Å²) >= 11 is 0. The Morgan fingerprint density at radius 3 is 2.30 bits per heavy atom. The molecule has 1 fully saturated rings. The van der Waals surface area contributed by atoms with Crippen LogP contribution in [0.1, 0.15) is 6.42 Å². The molecule has 0 saturated carbocycles. The minimum absolute atomic E-state index is 0.00988. The molecule has 114 valence electrons. The molecule has 0 aromatic carbocycles. The predicted octanol–water partition coefficient (Wildman–Crippen LogP) is -1.90. The molecule has 0 aromatic heterocycles. The maximum atomic E-state index is 12.1. The smallest absolute Gasteiger partial charge is 0.323 e. The first-order chi connectivity index (χ1) is 9.12. The second-order valence-corrected chi connectivity index (χ2v) is 6.90. The number of carboxylic acids is 1. The molecule has 9 nitrogen and oxygen atoms in total. The number of urea groups is 1. The van der Waals surface area contributed by atoms with E-state index in [1.165, 1.54) is 7.05 Å². The fourth-order valence-electron chi connectivity index (χ4n) is 2.00. The number of carbonyl (C=O) groups excluding carboxylic acids is 2. The van der Waals surface area contributed by atoms with Gasteiger partial charge in [-0.25, -0.2) is 13.2 Å². The Morgan fingerprint density at radius 2 is 1.90 bits per heavy atom. The lowest BCUT2D eigenvalue weighted by atomic mass is 10.2. The molecule has 0 bridgehead atoms. The first-order valence-electron chi connectivity index (χ1n) is 5.84. The van der Waals surface area contributed by atoms with Crippen molar-refractivity contribution in [2.24, 2.45) is 5.73 Å². The Morgan fingerprint density at radius 1 is 1.30 bits per heavy atom. The van der Waals surface area contributed by atoms with Gasteiger partial charge in [0, 0.05) is 13.1 Å². The number of hydrogen-bond acceptors (Lipinski definition) is 5. The highest BCUT2D eigenvalue weighted by Crippen LogP contribution is 2.17. The van der Waals surface area contributed by atoms with Gasteiger partial charge in [0.05, 0.1) is 11.5 Å². The standard InChI is InChI=1S/C10H17N3O6S/c1-12(7-2-3-20(18,19)6-7)10(17)13(4-8(11)14)5-9(15)16/h7H,2-6H2,1H3,(H2,11,14)(H,15,16). The fraction of sp³-hybridized carbons (Fsp3) is 0.700. The normalized spacial score (nSPS) is 20.4. The number of rotatable bonds is 5. The molecule has 0 aromatic rings. The Balaban J connectivity index is 2.78. The van der Waals surface area contributed by atoms with Gasteiger partial charge in [0.1, 0.15) is 13.1 Å². The van der Waals surface area contributed by atoms with Crippen LogP contribution in [0.15, 0.2) is 0 Å². The summed E-state index contributed by atoms with van der Waals surface area (Å²) < 4.78 is 22.7. The molecule has 1 aliphatic heterocycles. The summed E-state index contributed by atoms with van der Waals surface area (Å²) in [4.78, 5) is 35.6. The molecule has 1 aliphatic rings. The number of primary amides is 1. The van der Waals surface area contributed by atoms with Crippen molar-refractivity contribution in [3.05, 3.63) is 0 Å². The van der Waals surface area contributed by atoms with E-state index in [4.69, 9.17) is 10.8 Å². The Bertz CT molecular complexity index is 501. The van der Waals surface area contributed by atoms with Crippen LogP contribution >= 0.6 is 0 Å². The van der Waals surface area contributed by atoms with Crippen LogP contribution in [0.4, 0.5) is 4.79 Å². The van der Waals surface area contributed by atoms with Crippen molar-refractivity contribution in [3.63, 3.8) is 0 Å². The highest BCUT2D eigenvalue weighted by atomic mass is 32.2. The molecular formula is C10H17N3O6S. The molecule has 3 N–H and O–H groups in total. The lowest BCUT2D eigenvalue weighted by Gasteiger charge is -2.29. The van der Waals surface area contributed by atoms with Crippen LogP contribution in [-0.2, 0) is 19.4 Å². The number of amides is 3. The average Bonchev–Trinajstić information content (AvgIpc) is 2.65. The minimum atomic E-state index is -3.17. The second-order valence-electron chi connectivity index (χ2n) is 4.67. The van der Waals surface area contributed by atoms with Crippen LogP contribution in [0.3, 0.4) is 0 Å². The lowest BCUT2D eigenvalue weighted by Crippen LogP contribution is -2.50. The van der Waals surface area contributed by atoms with Crippen molar-refractivity contribution in [3.8, 4) is 0 Å². The number of carboxylic acid groups (broad SMARTS) is 1. The molecule has 3 amide bonds. The number of nitrogens with two attached hydrogens (primary N) is 1. The summed E-state index contributed by atoms with van der Waals surface area (Å²) in [6.07, 6.45) is 0.294. The van der Waals surface area contributed by atoms with E-state index in [0.29, 0.717) is 6.42 Å². The van der Waals surface area contributed by atoms with Gasteiger partial charge >= 0.3 is 12.0 Å². The topological polar surface area (TPSA) is 138 Å². The van der Waals surface area contributed by atoms with Gasteiger partial charge in [-0.3, -0.25) is 9.59 Å². The van der Waals surface area contributed by atoms with Crippen molar-refractivity contribution in [1.29, 1.82) is 0 Å². The highest BCUT2D eigenvalue weighted by Gasteiger charge is 2.34. The number of aliphatic carboxylic acids is 1. The third kappa shape index (κ3) is 4.37. The highest BCUT2D eigenvalue weighted by molar-refractivity contribution is 7.91. The van der Waals surface area contributed by atoms with Gasteiger partial charge in [-0.1, -0.05) is 0 Å². The number of carbonyl (C=O) groups is 3. The van der Waals surface area contributed by atoms with Gasteiger partial charge in [-0.2, -0.15) is 0 Å². The third-order valence-electron chi connectivity index (χ3n) is 3.00. The molecule has 1 unspecified atom stereocenters. The van der Waals surface area contributed by atoms with E-state index in [1.54, 1.807) is 0 Å². The molecule has 10 heteroatoms. The second kappa shape index (κ2) is 6.07. The van der Waals surface area contributed by atoms with E-state index in [1.807, 2.05) is 0 Å². The van der Waals surface area contributed by atoms with E-state index in [9.17, 15) is 22.8 Å². The molecule has 1 heterocycles. The zero-order valence-corrected chi connectivity index (χ0v) is 11.8. The lowest BCUT2D eigenvalue weighted by molar-refractivity contribution is -0.138. The van der Waals surface area contributed by atoms with Gasteiger partial charge in [0.15, 0.2) is 9.84 Å². The van der Waals surface area contributed by atoms with Crippen molar-refractivity contribution >= 4 is 27.7 Å². The van der Waals surface area contributed by atoms with Crippen LogP contribution in [0, 0.1) is 0 Å². The average molecular weight is 307 g/mol. The van der Waals surface area contributed by atoms with Crippen LogP contribution in [0.25, 0.3) is 0 Å².